The van der Waals surface area contributed by atoms with Crippen molar-refractivity contribution in [2.45, 2.75) is 44.7 Å². The van der Waals surface area contributed by atoms with Crippen molar-refractivity contribution >= 4 is 15.9 Å². The van der Waals surface area contributed by atoms with Crippen LogP contribution in [0.2, 0.25) is 0 Å². The standard InChI is InChI=1S/C11H19N3O3S/c1-5-14-7-8(18(12,16)17)6-9(14)10(15)13-11(2,3)4/h6-7H,5H2,1-4H3,(H,13,15)(H2,12,16,17). The molecule has 1 aromatic heterocycles. The molecule has 0 aromatic carbocycles. The SMILES string of the molecule is CCn1cc(S(N)(=O)=O)cc1C(=O)NC(C)(C)C. The summed E-state index contributed by atoms with van der Waals surface area (Å²) in [7, 11) is -3.79. The molecule has 0 atom stereocenters. The second-order valence-corrected chi connectivity index (χ2v) is 6.66. The number of aryl methyl sites for hydroxylation is 1. The van der Waals surface area contributed by atoms with Crippen LogP contribution in [0.3, 0.4) is 0 Å². The van der Waals surface area contributed by atoms with Crippen LogP contribution < -0.4 is 10.5 Å². The van der Waals surface area contributed by atoms with E-state index in [-0.39, 0.29) is 22.0 Å². The summed E-state index contributed by atoms with van der Waals surface area (Å²) in [5.41, 5.74) is -0.0988. The zero-order valence-electron chi connectivity index (χ0n) is 11.0. The first-order chi connectivity index (χ1) is 8.04. The molecule has 6 nitrogen and oxygen atoms in total. The number of nitrogens with two attached hydrogens (primary N) is 1. The Labute approximate surface area is 107 Å². The number of aromatic nitrogens is 1. The van der Waals surface area contributed by atoms with Gasteiger partial charge in [0.1, 0.15) is 10.6 Å². The van der Waals surface area contributed by atoms with Crippen molar-refractivity contribution < 1.29 is 13.2 Å². The molecule has 0 bridgehead atoms. The molecule has 0 spiro atoms. The molecule has 1 rings (SSSR count). The highest BCUT2D eigenvalue weighted by atomic mass is 32.2. The van der Waals surface area contributed by atoms with Gasteiger partial charge in [0.15, 0.2) is 0 Å². The average Bonchev–Trinajstić information content (AvgIpc) is 2.57. The zero-order valence-corrected chi connectivity index (χ0v) is 11.8. The van der Waals surface area contributed by atoms with E-state index in [4.69, 9.17) is 5.14 Å². The summed E-state index contributed by atoms with van der Waals surface area (Å²) in [6.07, 6.45) is 1.37. The number of sulfonamides is 1. The number of amides is 1. The van der Waals surface area contributed by atoms with Gasteiger partial charge in [-0.25, -0.2) is 13.6 Å². The third-order valence-electron chi connectivity index (χ3n) is 2.26. The molecule has 7 heteroatoms. The number of nitrogens with zero attached hydrogens (tertiary/aromatic N) is 1. The summed E-state index contributed by atoms with van der Waals surface area (Å²) in [5.74, 6) is -0.320. The summed E-state index contributed by atoms with van der Waals surface area (Å²) in [4.78, 5) is 12.0. The lowest BCUT2D eigenvalue weighted by molar-refractivity contribution is 0.0910. The van der Waals surface area contributed by atoms with Crippen LogP contribution in [-0.4, -0.2) is 24.4 Å². The van der Waals surface area contributed by atoms with Crippen LogP contribution in [0.1, 0.15) is 38.2 Å². The van der Waals surface area contributed by atoms with Gasteiger partial charge in [-0.2, -0.15) is 0 Å². The first kappa shape index (κ1) is 14.7. The molecule has 1 heterocycles. The van der Waals surface area contributed by atoms with Crippen LogP contribution in [0.4, 0.5) is 0 Å². The quantitative estimate of drug-likeness (QED) is 0.848. The monoisotopic (exact) mass is 273 g/mol. The molecule has 102 valence electrons. The summed E-state index contributed by atoms with van der Waals surface area (Å²) in [6, 6.07) is 1.29. The topological polar surface area (TPSA) is 94.2 Å². The van der Waals surface area contributed by atoms with E-state index >= 15 is 0 Å². The minimum atomic E-state index is -3.79. The molecule has 0 fully saturated rings. The minimum Gasteiger partial charge on any atom is -0.346 e. The molecule has 18 heavy (non-hydrogen) atoms. The Balaban J connectivity index is 3.17. The molecule has 1 amide bonds. The smallest absolute Gasteiger partial charge is 0.268 e. The summed E-state index contributed by atoms with van der Waals surface area (Å²) < 4.78 is 24.1. The van der Waals surface area contributed by atoms with Crippen molar-refractivity contribution in [3.8, 4) is 0 Å². The van der Waals surface area contributed by atoms with Crippen molar-refractivity contribution in [1.82, 2.24) is 9.88 Å². The number of carbonyl (C=O) groups excluding carboxylic acids is 1. The van der Waals surface area contributed by atoms with Gasteiger partial charge < -0.3 is 9.88 Å². The fourth-order valence-electron chi connectivity index (χ4n) is 1.50. The van der Waals surface area contributed by atoms with Gasteiger partial charge in [-0.05, 0) is 33.8 Å². The Morgan fingerprint density at radius 1 is 1.44 bits per heavy atom. The van der Waals surface area contributed by atoms with Crippen molar-refractivity contribution in [2.24, 2.45) is 5.14 Å². The summed E-state index contributed by atoms with van der Waals surface area (Å²) >= 11 is 0. The average molecular weight is 273 g/mol. The van der Waals surface area contributed by atoms with Gasteiger partial charge in [-0.15, -0.1) is 0 Å². The van der Waals surface area contributed by atoms with E-state index in [1.54, 1.807) is 4.57 Å². The number of carbonyl (C=O) groups is 1. The molecular formula is C11H19N3O3S. The van der Waals surface area contributed by atoms with Crippen LogP contribution >= 0.6 is 0 Å². The van der Waals surface area contributed by atoms with Crippen LogP contribution in [-0.2, 0) is 16.6 Å². The first-order valence-corrected chi connectivity index (χ1v) is 7.14. The summed E-state index contributed by atoms with van der Waals surface area (Å²) in [6.45, 7) is 7.86. The maximum atomic E-state index is 12.0. The van der Waals surface area contributed by atoms with Gasteiger partial charge in [0, 0.05) is 18.3 Å². The fourth-order valence-corrected chi connectivity index (χ4v) is 2.05. The Morgan fingerprint density at radius 2 is 2.00 bits per heavy atom. The number of hydrogen-bond acceptors (Lipinski definition) is 3. The van der Waals surface area contributed by atoms with E-state index in [9.17, 15) is 13.2 Å². The molecule has 0 saturated carbocycles. The van der Waals surface area contributed by atoms with E-state index in [0.717, 1.165) is 0 Å². The molecule has 0 aliphatic heterocycles. The number of hydrogen-bond donors (Lipinski definition) is 2. The molecule has 0 radical (unpaired) electrons. The minimum absolute atomic E-state index is 0.0524. The maximum Gasteiger partial charge on any atom is 0.268 e. The molecule has 0 aliphatic carbocycles. The molecule has 0 saturated heterocycles. The molecular weight excluding hydrogens is 254 g/mol. The number of nitrogens with one attached hydrogen (secondary N) is 1. The number of rotatable bonds is 3. The Morgan fingerprint density at radius 3 is 2.39 bits per heavy atom. The normalized spacial score (nSPS) is 12.5. The lowest BCUT2D eigenvalue weighted by Crippen LogP contribution is -2.41. The maximum absolute atomic E-state index is 12.0. The third-order valence-corrected chi connectivity index (χ3v) is 3.14. The highest BCUT2D eigenvalue weighted by Gasteiger charge is 2.21. The Kier molecular flexibility index (Phi) is 3.87. The van der Waals surface area contributed by atoms with Gasteiger partial charge in [-0.1, -0.05) is 0 Å². The van der Waals surface area contributed by atoms with Crippen LogP contribution in [0.5, 0.6) is 0 Å². The third kappa shape index (κ3) is 3.58. The first-order valence-electron chi connectivity index (χ1n) is 5.60. The predicted octanol–water partition coefficient (Wildman–Crippen LogP) is 0.684. The van der Waals surface area contributed by atoms with Crippen LogP contribution in [0.25, 0.3) is 0 Å². The van der Waals surface area contributed by atoms with E-state index in [1.165, 1.54) is 12.3 Å². The van der Waals surface area contributed by atoms with E-state index in [0.29, 0.717) is 6.54 Å². The van der Waals surface area contributed by atoms with Crippen LogP contribution in [0.15, 0.2) is 17.2 Å². The van der Waals surface area contributed by atoms with Crippen LogP contribution in [0, 0.1) is 0 Å². The van der Waals surface area contributed by atoms with Gasteiger partial charge in [0.2, 0.25) is 10.0 Å². The second-order valence-electron chi connectivity index (χ2n) is 5.10. The molecule has 0 unspecified atom stereocenters. The van der Waals surface area contributed by atoms with Gasteiger partial charge in [0.25, 0.3) is 5.91 Å². The van der Waals surface area contributed by atoms with E-state index in [2.05, 4.69) is 5.32 Å². The molecule has 3 N–H and O–H groups in total. The lowest BCUT2D eigenvalue weighted by atomic mass is 10.1. The Bertz CT molecular complexity index is 553. The molecule has 0 aliphatic rings. The van der Waals surface area contributed by atoms with Gasteiger partial charge in [-0.3, -0.25) is 4.79 Å². The number of primary sulfonamides is 1. The lowest BCUT2D eigenvalue weighted by Gasteiger charge is -2.20. The largest absolute Gasteiger partial charge is 0.346 e. The molecule has 1 aromatic rings. The highest BCUT2D eigenvalue weighted by molar-refractivity contribution is 7.89. The fraction of sp³-hybridized carbons (Fsp3) is 0.545. The zero-order chi connectivity index (χ0) is 14.1. The predicted molar refractivity (Wildman–Crippen MR) is 68.7 cm³/mol. The van der Waals surface area contributed by atoms with Crippen molar-refractivity contribution in [3.05, 3.63) is 18.0 Å². The van der Waals surface area contributed by atoms with Crippen molar-refractivity contribution in [1.29, 1.82) is 0 Å². The van der Waals surface area contributed by atoms with Gasteiger partial charge >= 0.3 is 0 Å². The van der Waals surface area contributed by atoms with Gasteiger partial charge in [0.05, 0.1) is 0 Å². The van der Waals surface area contributed by atoms with E-state index < -0.39 is 10.0 Å². The van der Waals surface area contributed by atoms with Crippen molar-refractivity contribution in [3.63, 3.8) is 0 Å². The van der Waals surface area contributed by atoms with Crippen molar-refractivity contribution in [2.75, 3.05) is 0 Å². The summed E-state index contributed by atoms with van der Waals surface area (Å²) in [5, 5.41) is 7.83. The Hall–Kier alpha value is -1.34. The highest BCUT2D eigenvalue weighted by Crippen LogP contribution is 2.14. The second kappa shape index (κ2) is 4.74. The van der Waals surface area contributed by atoms with E-state index in [1.807, 2.05) is 27.7 Å².